The lowest BCUT2D eigenvalue weighted by Crippen LogP contribution is -2.33. The molecule has 2 fully saturated rings. The van der Waals surface area contributed by atoms with Crippen LogP contribution in [0.15, 0.2) is 36.8 Å². The number of carbonyl (C=O) groups is 1. The number of halogens is 1. The molecule has 1 saturated heterocycles. The molecule has 8 nitrogen and oxygen atoms in total. The summed E-state index contributed by atoms with van der Waals surface area (Å²) in [6.45, 7) is 5.65. The normalized spacial score (nSPS) is 26.8. The van der Waals surface area contributed by atoms with Gasteiger partial charge in [0.1, 0.15) is 41.9 Å². The first-order valence-electron chi connectivity index (χ1n) is 10.1. The SMILES string of the molecule is Cc1ncnc2c1ccn2[C@@H]1C[C@H](Oc2ccc(F)cc2C(N)=O)[C@H]2OC(C)(C)O[C@H]21. The summed E-state index contributed by atoms with van der Waals surface area (Å²) in [7, 11) is 0. The van der Waals surface area contributed by atoms with Crippen molar-refractivity contribution in [3.63, 3.8) is 0 Å². The number of primary amides is 1. The van der Waals surface area contributed by atoms with Crippen LogP contribution in [0.2, 0.25) is 0 Å². The second kappa shape index (κ2) is 7.00. The van der Waals surface area contributed by atoms with Crippen molar-refractivity contribution in [3.8, 4) is 5.75 Å². The van der Waals surface area contributed by atoms with Gasteiger partial charge in [-0.3, -0.25) is 4.79 Å². The number of fused-ring (bicyclic) bond motifs is 2. The smallest absolute Gasteiger partial charge is 0.252 e. The molecule has 4 atom stereocenters. The molecule has 1 saturated carbocycles. The number of nitrogens with zero attached hydrogens (tertiary/aromatic N) is 3. The molecule has 5 rings (SSSR count). The van der Waals surface area contributed by atoms with E-state index in [1.165, 1.54) is 12.1 Å². The Morgan fingerprint density at radius 3 is 2.81 bits per heavy atom. The molecule has 1 aliphatic heterocycles. The van der Waals surface area contributed by atoms with E-state index in [2.05, 4.69) is 14.5 Å². The Balaban J connectivity index is 1.52. The number of aromatic nitrogens is 3. The fourth-order valence-corrected chi connectivity index (χ4v) is 4.62. The average molecular weight is 426 g/mol. The van der Waals surface area contributed by atoms with Crippen LogP contribution in [0, 0.1) is 12.7 Å². The second-order valence-electron chi connectivity index (χ2n) is 8.45. The van der Waals surface area contributed by atoms with Crippen LogP contribution >= 0.6 is 0 Å². The number of rotatable bonds is 4. The van der Waals surface area contributed by atoms with Crippen LogP contribution in [-0.2, 0) is 9.47 Å². The highest BCUT2D eigenvalue weighted by atomic mass is 19.1. The first kappa shape index (κ1) is 19.9. The molecule has 1 aromatic carbocycles. The molecule has 9 heteroatoms. The fraction of sp³-hybridized carbons (Fsp3) is 0.409. The van der Waals surface area contributed by atoms with Crippen molar-refractivity contribution in [2.75, 3.05) is 0 Å². The lowest BCUT2D eigenvalue weighted by Gasteiger charge is -2.25. The lowest BCUT2D eigenvalue weighted by atomic mass is 10.1. The van der Waals surface area contributed by atoms with Gasteiger partial charge in [0.05, 0.1) is 17.3 Å². The zero-order valence-electron chi connectivity index (χ0n) is 17.4. The molecule has 2 aliphatic rings. The Morgan fingerprint density at radius 2 is 2.03 bits per heavy atom. The van der Waals surface area contributed by atoms with E-state index >= 15 is 0 Å². The first-order valence-corrected chi connectivity index (χ1v) is 10.1. The highest BCUT2D eigenvalue weighted by Gasteiger charge is 2.56. The van der Waals surface area contributed by atoms with Gasteiger partial charge in [-0.05, 0) is 45.0 Å². The van der Waals surface area contributed by atoms with E-state index in [1.807, 2.05) is 33.0 Å². The van der Waals surface area contributed by atoms with Crippen LogP contribution in [0.3, 0.4) is 0 Å². The van der Waals surface area contributed by atoms with Gasteiger partial charge in [0.15, 0.2) is 5.79 Å². The van der Waals surface area contributed by atoms with Crippen molar-refractivity contribution in [2.24, 2.45) is 5.73 Å². The van der Waals surface area contributed by atoms with E-state index in [0.717, 1.165) is 22.8 Å². The summed E-state index contributed by atoms with van der Waals surface area (Å²) in [5.41, 5.74) is 7.13. The molecule has 2 aromatic heterocycles. The Hall–Kier alpha value is -3.04. The van der Waals surface area contributed by atoms with Crippen LogP contribution in [0.1, 0.15) is 42.4 Å². The summed E-state index contributed by atoms with van der Waals surface area (Å²) in [5, 5.41) is 0.969. The van der Waals surface area contributed by atoms with Crippen LogP contribution in [0.5, 0.6) is 5.75 Å². The Kier molecular flexibility index (Phi) is 4.49. The zero-order chi connectivity index (χ0) is 21.9. The van der Waals surface area contributed by atoms with Gasteiger partial charge in [0, 0.05) is 18.0 Å². The van der Waals surface area contributed by atoms with Crippen molar-refractivity contribution in [3.05, 3.63) is 53.9 Å². The third-order valence-electron chi connectivity index (χ3n) is 5.93. The zero-order valence-corrected chi connectivity index (χ0v) is 17.4. The van der Waals surface area contributed by atoms with E-state index in [9.17, 15) is 9.18 Å². The van der Waals surface area contributed by atoms with Crippen LogP contribution in [0.4, 0.5) is 4.39 Å². The Labute approximate surface area is 178 Å². The van der Waals surface area contributed by atoms with Gasteiger partial charge < -0.3 is 24.5 Å². The first-order chi connectivity index (χ1) is 14.7. The highest BCUT2D eigenvalue weighted by Crippen LogP contribution is 2.46. The van der Waals surface area contributed by atoms with E-state index in [-0.39, 0.29) is 29.6 Å². The van der Waals surface area contributed by atoms with Gasteiger partial charge in [-0.15, -0.1) is 0 Å². The van der Waals surface area contributed by atoms with Crippen LogP contribution < -0.4 is 10.5 Å². The number of carbonyl (C=O) groups excluding carboxylic acids is 1. The van der Waals surface area contributed by atoms with Crippen molar-refractivity contribution in [2.45, 2.75) is 57.3 Å². The number of hydrogen-bond acceptors (Lipinski definition) is 6. The number of hydrogen-bond donors (Lipinski definition) is 1. The molecule has 3 aromatic rings. The summed E-state index contributed by atoms with van der Waals surface area (Å²) in [5.74, 6) is -1.88. The van der Waals surface area contributed by atoms with Gasteiger partial charge in [-0.25, -0.2) is 14.4 Å². The van der Waals surface area contributed by atoms with Crippen molar-refractivity contribution in [1.82, 2.24) is 14.5 Å². The van der Waals surface area contributed by atoms with Gasteiger partial charge in [0.2, 0.25) is 0 Å². The number of nitrogens with two attached hydrogens (primary N) is 1. The largest absolute Gasteiger partial charge is 0.487 e. The predicted octanol–water partition coefficient (Wildman–Crippen LogP) is 2.89. The number of amides is 1. The quantitative estimate of drug-likeness (QED) is 0.688. The minimum atomic E-state index is -0.793. The molecular weight excluding hydrogens is 403 g/mol. The molecule has 0 radical (unpaired) electrons. The summed E-state index contributed by atoms with van der Waals surface area (Å²) in [6, 6.07) is 5.61. The topological polar surface area (TPSA) is 101 Å². The summed E-state index contributed by atoms with van der Waals surface area (Å²) in [4.78, 5) is 20.5. The maximum atomic E-state index is 13.6. The fourth-order valence-electron chi connectivity index (χ4n) is 4.62. The molecule has 31 heavy (non-hydrogen) atoms. The maximum absolute atomic E-state index is 13.6. The maximum Gasteiger partial charge on any atom is 0.252 e. The predicted molar refractivity (Wildman–Crippen MR) is 109 cm³/mol. The molecule has 0 spiro atoms. The Bertz CT molecular complexity index is 1180. The summed E-state index contributed by atoms with van der Waals surface area (Å²) >= 11 is 0. The van der Waals surface area contributed by atoms with E-state index < -0.39 is 23.6 Å². The molecular formula is C22H23FN4O4. The molecule has 162 valence electrons. The average Bonchev–Trinajstić information content (AvgIpc) is 3.35. The van der Waals surface area contributed by atoms with Gasteiger partial charge in [-0.2, -0.15) is 0 Å². The minimum absolute atomic E-state index is 0.00652. The standard InChI is InChI=1S/C22H23FN4O4/c1-11-13-6-7-27(21(13)26-10-25-11)15-9-17(19-18(15)30-22(2,3)31-19)29-16-5-4-12(23)8-14(16)20(24)28/h4-8,10,15,17-19H,9H2,1-3H3,(H2,24,28)/t15-,17+,18+,19-/m1/s1. The van der Waals surface area contributed by atoms with Crippen LogP contribution in [-0.4, -0.2) is 44.5 Å². The number of aryl methyl sites for hydroxylation is 1. The third kappa shape index (κ3) is 3.34. The number of benzene rings is 1. The monoisotopic (exact) mass is 426 g/mol. The van der Waals surface area contributed by atoms with E-state index in [4.69, 9.17) is 19.9 Å². The molecule has 1 amide bonds. The van der Waals surface area contributed by atoms with E-state index in [0.29, 0.717) is 6.42 Å². The second-order valence-corrected chi connectivity index (χ2v) is 8.45. The third-order valence-corrected chi connectivity index (χ3v) is 5.93. The lowest BCUT2D eigenvalue weighted by molar-refractivity contribution is -0.163. The molecule has 1 aliphatic carbocycles. The van der Waals surface area contributed by atoms with Gasteiger partial charge in [0.25, 0.3) is 5.91 Å². The summed E-state index contributed by atoms with van der Waals surface area (Å²) in [6.07, 6.45) is 2.96. The van der Waals surface area contributed by atoms with Gasteiger partial charge in [-0.1, -0.05) is 0 Å². The molecule has 0 unspecified atom stereocenters. The molecule has 2 N–H and O–H groups in total. The molecule has 3 heterocycles. The molecule has 0 bridgehead atoms. The number of ether oxygens (including phenoxy) is 3. The summed E-state index contributed by atoms with van der Waals surface area (Å²) < 4.78 is 34.3. The van der Waals surface area contributed by atoms with Crippen molar-refractivity contribution in [1.29, 1.82) is 0 Å². The van der Waals surface area contributed by atoms with Crippen LogP contribution in [0.25, 0.3) is 11.0 Å². The van der Waals surface area contributed by atoms with E-state index in [1.54, 1.807) is 6.33 Å². The minimum Gasteiger partial charge on any atom is -0.487 e. The van der Waals surface area contributed by atoms with Gasteiger partial charge >= 0.3 is 0 Å². The van der Waals surface area contributed by atoms with Crippen molar-refractivity contribution < 1.29 is 23.4 Å². The highest BCUT2D eigenvalue weighted by molar-refractivity contribution is 5.95. The van der Waals surface area contributed by atoms with Crippen molar-refractivity contribution >= 4 is 16.9 Å². The Morgan fingerprint density at radius 1 is 1.26 bits per heavy atom.